The summed E-state index contributed by atoms with van der Waals surface area (Å²) in [6.07, 6.45) is 6.23. The average Bonchev–Trinajstić information content (AvgIpc) is 2.57. The molecule has 0 bridgehead atoms. The number of halogens is 1. The van der Waals surface area contributed by atoms with Crippen LogP contribution in [0.4, 0.5) is 4.39 Å². The molecule has 0 aliphatic heterocycles. The van der Waals surface area contributed by atoms with E-state index in [4.69, 9.17) is 0 Å². The fourth-order valence-corrected chi connectivity index (χ4v) is 1.94. The molecule has 12 heavy (non-hydrogen) atoms. The van der Waals surface area contributed by atoms with Crippen molar-refractivity contribution >= 4 is 0 Å². The van der Waals surface area contributed by atoms with Crippen molar-refractivity contribution in [1.29, 1.82) is 0 Å². The molecule has 2 heteroatoms. The average molecular weight is 165 g/mol. The van der Waals surface area contributed by atoms with Gasteiger partial charge >= 0.3 is 0 Å². The lowest BCUT2D eigenvalue weighted by Gasteiger charge is -2.08. The molecular weight excluding hydrogens is 153 g/mol. The Hall–Kier alpha value is -0.920. The zero-order valence-electron chi connectivity index (χ0n) is 6.96. The highest BCUT2D eigenvalue weighted by molar-refractivity contribution is 5.17. The van der Waals surface area contributed by atoms with Gasteiger partial charge in [0.2, 0.25) is 5.95 Å². The molecule has 0 radical (unpaired) electrons. The van der Waals surface area contributed by atoms with E-state index in [-0.39, 0.29) is 5.95 Å². The largest absolute Gasteiger partial charge is 0.228 e. The smallest absolute Gasteiger partial charge is 0.216 e. The van der Waals surface area contributed by atoms with Crippen LogP contribution in [0.15, 0.2) is 18.3 Å². The zero-order chi connectivity index (χ0) is 8.39. The van der Waals surface area contributed by atoms with Crippen LogP contribution < -0.4 is 0 Å². The predicted molar refractivity (Wildman–Crippen MR) is 45.4 cm³/mol. The highest BCUT2D eigenvalue weighted by Crippen LogP contribution is 2.34. The van der Waals surface area contributed by atoms with E-state index in [2.05, 4.69) is 4.98 Å². The number of nitrogens with zero attached hydrogens (tertiary/aromatic N) is 1. The highest BCUT2D eigenvalue weighted by atomic mass is 19.1. The third-order valence-corrected chi connectivity index (χ3v) is 2.58. The topological polar surface area (TPSA) is 12.9 Å². The number of hydrogen-bond acceptors (Lipinski definition) is 1. The second-order valence-electron chi connectivity index (χ2n) is 3.36. The van der Waals surface area contributed by atoms with Gasteiger partial charge in [-0.15, -0.1) is 0 Å². The van der Waals surface area contributed by atoms with Gasteiger partial charge in [0, 0.05) is 11.8 Å². The predicted octanol–water partition coefficient (Wildman–Crippen LogP) is 2.88. The Bertz CT molecular complexity index is 266. The Labute approximate surface area is 71.6 Å². The minimum absolute atomic E-state index is 0.274. The molecule has 0 spiro atoms. The number of hydrogen-bond donors (Lipinski definition) is 0. The summed E-state index contributed by atoms with van der Waals surface area (Å²) in [4.78, 5) is 3.66. The summed E-state index contributed by atoms with van der Waals surface area (Å²) in [5.41, 5.74) is 0.815. The van der Waals surface area contributed by atoms with Crippen LogP contribution in [-0.2, 0) is 0 Å². The van der Waals surface area contributed by atoms with Gasteiger partial charge in [-0.3, -0.25) is 0 Å². The third kappa shape index (κ3) is 1.33. The first kappa shape index (κ1) is 7.71. The molecule has 0 atom stereocenters. The molecule has 1 fully saturated rings. The standard InChI is InChI=1S/C10H12FN/c11-10-9(6-3-7-12-10)8-4-1-2-5-8/h3,6-8H,1-2,4-5H2. The molecule has 1 nitrogen and oxygen atoms in total. The van der Waals surface area contributed by atoms with Crippen LogP contribution in [0.2, 0.25) is 0 Å². The Morgan fingerprint density at radius 3 is 2.75 bits per heavy atom. The Morgan fingerprint density at radius 2 is 2.08 bits per heavy atom. The van der Waals surface area contributed by atoms with Crippen molar-refractivity contribution in [2.24, 2.45) is 0 Å². The first-order valence-electron chi connectivity index (χ1n) is 4.48. The SMILES string of the molecule is Fc1ncccc1C1CCCC1. The molecule has 1 aromatic rings. The van der Waals surface area contributed by atoms with Gasteiger partial charge in [-0.2, -0.15) is 4.39 Å². The van der Waals surface area contributed by atoms with Gasteiger partial charge in [0.15, 0.2) is 0 Å². The molecule has 2 rings (SSSR count). The fourth-order valence-electron chi connectivity index (χ4n) is 1.94. The summed E-state index contributed by atoms with van der Waals surface area (Å²) in [7, 11) is 0. The minimum atomic E-state index is -0.274. The third-order valence-electron chi connectivity index (χ3n) is 2.58. The van der Waals surface area contributed by atoms with Gasteiger partial charge in [0.1, 0.15) is 0 Å². The van der Waals surface area contributed by atoms with E-state index in [1.807, 2.05) is 12.1 Å². The molecule has 0 N–H and O–H groups in total. The maximum absolute atomic E-state index is 13.1. The van der Waals surface area contributed by atoms with Crippen LogP contribution in [0.3, 0.4) is 0 Å². The van der Waals surface area contributed by atoms with E-state index in [1.165, 1.54) is 19.0 Å². The van der Waals surface area contributed by atoms with Crippen LogP contribution in [0.5, 0.6) is 0 Å². The first-order valence-corrected chi connectivity index (χ1v) is 4.48. The van der Waals surface area contributed by atoms with Crippen molar-refractivity contribution in [3.8, 4) is 0 Å². The molecular formula is C10H12FN. The van der Waals surface area contributed by atoms with Crippen molar-refractivity contribution in [3.05, 3.63) is 29.8 Å². The maximum Gasteiger partial charge on any atom is 0.216 e. The molecule has 1 heterocycles. The summed E-state index contributed by atoms with van der Waals surface area (Å²) in [5, 5.41) is 0. The lowest BCUT2D eigenvalue weighted by Crippen LogP contribution is -1.97. The highest BCUT2D eigenvalue weighted by Gasteiger charge is 2.19. The van der Waals surface area contributed by atoms with Crippen molar-refractivity contribution < 1.29 is 4.39 Å². The summed E-state index contributed by atoms with van der Waals surface area (Å²) < 4.78 is 13.1. The normalized spacial score (nSPS) is 18.4. The monoisotopic (exact) mass is 165 g/mol. The molecule has 0 amide bonds. The van der Waals surface area contributed by atoms with E-state index in [9.17, 15) is 4.39 Å². The lowest BCUT2D eigenvalue weighted by atomic mass is 9.99. The second-order valence-corrected chi connectivity index (χ2v) is 3.36. The van der Waals surface area contributed by atoms with E-state index >= 15 is 0 Å². The minimum Gasteiger partial charge on any atom is -0.228 e. The van der Waals surface area contributed by atoms with Crippen molar-refractivity contribution in [3.63, 3.8) is 0 Å². The molecule has 1 saturated carbocycles. The van der Waals surface area contributed by atoms with Crippen LogP contribution in [0, 0.1) is 5.95 Å². The van der Waals surface area contributed by atoms with E-state index in [0.29, 0.717) is 5.92 Å². The van der Waals surface area contributed by atoms with Gasteiger partial charge in [-0.25, -0.2) is 4.98 Å². The fraction of sp³-hybridized carbons (Fsp3) is 0.500. The quantitative estimate of drug-likeness (QED) is 0.583. The zero-order valence-corrected chi connectivity index (χ0v) is 6.96. The first-order chi connectivity index (χ1) is 5.88. The lowest BCUT2D eigenvalue weighted by molar-refractivity contribution is 0.543. The summed E-state index contributed by atoms with van der Waals surface area (Å²) in [6.45, 7) is 0. The molecule has 64 valence electrons. The van der Waals surface area contributed by atoms with E-state index in [1.54, 1.807) is 0 Å². The van der Waals surface area contributed by atoms with Crippen LogP contribution in [-0.4, -0.2) is 4.98 Å². The van der Waals surface area contributed by atoms with Crippen molar-refractivity contribution in [2.45, 2.75) is 31.6 Å². The Kier molecular flexibility index (Phi) is 2.07. The summed E-state index contributed by atoms with van der Waals surface area (Å²) >= 11 is 0. The molecule has 1 aliphatic rings. The molecule has 0 saturated heterocycles. The van der Waals surface area contributed by atoms with Crippen LogP contribution >= 0.6 is 0 Å². The summed E-state index contributed by atoms with van der Waals surface area (Å²) in [6, 6.07) is 3.68. The van der Waals surface area contributed by atoms with Gasteiger partial charge in [-0.05, 0) is 24.8 Å². The van der Waals surface area contributed by atoms with Gasteiger partial charge < -0.3 is 0 Å². The maximum atomic E-state index is 13.1. The van der Waals surface area contributed by atoms with Crippen molar-refractivity contribution in [2.75, 3.05) is 0 Å². The van der Waals surface area contributed by atoms with Crippen LogP contribution in [0.1, 0.15) is 37.2 Å². The van der Waals surface area contributed by atoms with E-state index in [0.717, 1.165) is 18.4 Å². The number of pyridine rings is 1. The van der Waals surface area contributed by atoms with Crippen molar-refractivity contribution in [1.82, 2.24) is 4.98 Å². The van der Waals surface area contributed by atoms with Gasteiger partial charge in [0.25, 0.3) is 0 Å². The Morgan fingerprint density at radius 1 is 1.33 bits per heavy atom. The molecule has 1 aliphatic carbocycles. The van der Waals surface area contributed by atoms with Gasteiger partial charge in [-0.1, -0.05) is 18.9 Å². The summed E-state index contributed by atoms with van der Waals surface area (Å²) in [5.74, 6) is 0.156. The molecule has 1 aromatic heterocycles. The second kappa shape index (κ2) is 3.21. The van der Waals surface area contributed by atoms with Gasteiger partial charge in [0.05, 0.1) is 0 Å². The molecule has 0 aromatic carbocycles. The van der Waals surface area contributed by atoms with Crippen LogP contribution in [0.25, 0.3) is 0 Å². The Balaban J connectivity index is 2.26. The van der Waals surface area contributed by atoms with E-state index < -0.39 is 0 Å². The number of rotatable bonds is 1. The number of aromatic nitrogens is 1. The molecule has 0 unspecified atom stereocenters.